The number of benzene rings is 1. The Morgan fingerprint density at radius 2 is 1.90 bits per heavy atom. The molecule has 20 heavy (non-hydrogen) atoms. The maximum atomic E-state index is 13.5. The van der Waals surface area contributed by atoms with Crippen molar-refractivity contribution >= 4 is 37.6 Å². The van der Waals surface area contributed by atoms with Gasteiger partial charge in [-0.25, -0.2) is 17.2 Å². The second-order valence-corrected chi connectivity index (χ2v) is 6.48. The SMILES string of the molecule is CCOC(=O)CCS(=O)(=O)Nc1c(F)cc(Br)cc1F. The summed E-state index contributed by atoms with van der Waals surface area (Å²) in [6.45, 7) is 1.71. The number of esters is 1. The van der Waals surface area contributed by atoms with Crippen LogP contribution in [0.5, 0.6) is 0 Å². The smallest absolute Gasteiger partial charge is 0.306 e. The predicted octanol–water partition coefficient (Wildman–Crippen LogP) is 2.42. The van der Waals surface area contributed by atoms with Crippen LogP contribution in [0.25, 0.3) is 0 Å². The Balaban J connectivity index is 2.79. The van der Waals surface area contributed by atoms with Crippen molar-refractivity contribution in [3.05, 3.63) is 28.2 Å². The van der Waals surface area contributed by atoms with Crippen molar-refractivity contribution in [3.8, 4) is 0 Å². The second kappa shape index (κ2) is 6.98. The summed E-state index contributed by atoms with van der Waals surface area (Å²) >= 11 is 2.88. The first kappa shape index (κ1) is 16.8. The number of sulfonamides is 1. The van der Waals surface area contributed by atoms with Gasteiger partial charge in [-0.3, -0.25) is 9.52 Å². The molecule has 0 unspecified atom stereocenters. The van der Waals surface area contributed by atoms with Crippen LogP contribution in [0.2, 0.25) is 0 Å². The first-order valence-electron chi connectivity index (χ1n) is 5.56. The average Bonchev–Trinajstić information content (AvgIpc) is 2.32. The van der Waals surface area contributed by atoms with Crippen LogP contribution < -0.4 is 4.72 Å². The molecule has 0 radical (unpaired) electrons. The number of carbonyl (C=O) groups is 1. The Hall–Kier alpha value is -1.22. The molecule has 0 fully saturated rings. The topological polar surface area (TPSA) is 72.5 Å². The quantitative estimate of drug-likeness (QED) is 0.779. The molecule has 0 atom stereocenters. The van der Waals surface area contributed by atoms with Crippen LogP contribution >= 0.6 is 15.9 Å². The lowest BCUT2D eigenvalue weighted by atomic mass is 10.3. The zero-order valence-corrected chi connectivity index (χ0v) is 12.9. The molecule has 0 aromatic heterocycles. The molecular formula is C11H12BrF2NO4S. The molecule has 0 aliphatic carbocycles. The third-order valence-electron chi connectivity index (χ3n) is 2.14. The second-order valence-electron chi connectivity index (χ2n) is 3.72. The van der Waals surface area contributed by atoms with E-state index in [1.54, 1.807) is 11.6 Å². The van der Waals surface area contributed by atoms with E-state index in [4.69, 9.17) is 0 Å². The molecule has 0 heterocycles. The molecule has 0 aliphatic rings. The Morgan fingerprint density at radius 1 is 1.35 bits per heavy atom. The minimum atomic E-state index is -4.05. The number of rotatable bonds is 6. The molecule has 112 valence electrons. The molecule has 1 rings (SSSR count). The number of halogens is 3. The first-order valence-corrected chi connectivity index (χ1v) is 8.00. The number of ether oxygens (including phenoxy) is 1. The first-order chi connectivity index (χ1) is 9.25. The van der Waals surface area contributed by atoms with Gasteiger partial charge in [0.2, 0.25) is 10.0 Å². The van der Waals surface area contributed by atoms with Crippen LogP contribution in [0.3, 0.4) is 0 Å². The van der Waals surface area contributed by atoms with Crippen molar-refractivity contribution < 1.29 is 26.7 Å². The Labute approximate surface area is 123 Å². The van der Waals surface area contributed by atoms with E-state index in [2.05, 4.69) is 20.7 Å². The summed E-state index contributed by atoms with van der Waals surface area (Å²) in [6.07, 6.45) is -0.400. The fourth-order valence-electron chi connectivity index (χ4n) is 1.30. The highest BCUT2D eigenvalue weighted by Gasteiger charge is 2.19. The standard InChI is InChI=1S/C11H12BrF2NO4S/c1-2-19-10(16)3-4-20(17,18)15-11-8(13)5-7(12)6-9(11)14/h5-6,15H,2-4H2,1H3. The average molecular weight is 372 g/mol. The maximum absolute atomic E-state index is 13.5. The molecule has 5 nitrogen and oxygen atoms in total. The summed E-state index contributed by atoms with van der Waals surface area (Å²) in [6, 6.07) is 1.85. The number of nitrogens with one attached hydrogen (secondary N) is 1. The van der Waals surface area contributed by atoms with Crippen molar-refractivity contribution in [2.24, 2.45) is 0 Å². The van der Waals surface area contributed by atoms with E-state index in [1.807, 2.05) is 0 Å². The molecule has 0 bridgehead atoms. The lowest BCUT2D eigenvalue weighted by Crippen LogP contribution is -2.21. The van der Waals surface area contributed by atoms with Gasteiger partial charge in [0, 0.05) is 4.47 Å². The fourth-order valence-corrected chi connectivity index (χ4v) is 2.74. The summed E-state index contributed by atoms with van der Waals surface area (Å²) in [7, 11) is -4.05. The number of hydrogen-bond donors (Lipinski definition) is 1. The van der Waals surface area contributed by atoms with Crippen LogP contribution in [0.15, 0.2) is 16.6 Å². The van der Waals surface area contributed by atoms with E-state index < -0.39 is 45.5 Å². The minimum absolute atomic E-state index is 0.127. The summed E-state index contributed by atoms with van der Waals surface area (Å²) in [4.78, 5) is 11.1. The van der Waals surface area contributed by atoms with E-state index in [1.165, 1.54) is 0 Å². The van der Waals surface area contributed by atoms with Crippen molar-refractivity contribution in [3.63, 3.8) is 0 Å². The van der Waals surface area contributed by atoms with Gasteiger partial charge in [-0.2, -0.15) is 0 Å². The van der Waals surface area contributed by atoms with E-state index >= 15 is 0 Å². The predicted molar refractivity (Wildman–Crippen MR) is 72.7 cm³/mol. The monoisotopic (exact) mass is 371 g/mol. The Kier molecular flexibility index (Phi) is 5.88. The van der Waals surface area contributed by atoms with Gasteiger partial charge in [0.15, 0.2) is 11.6 Å². The van der Waals surface area contributed by atoms with Crippen molar-refractivity contribution in [1.82, 2.24) is 0 Å². The van der Waals surface area contributed by atoms with Gasteiger partial charge in [-0.1, -0.05) is 15.9 Å². The van der Waals surface area contributed by atoms with Crippen LogP contribution in [-0.2, 0) is 19.6 Å². The van der Waals surface area contributed by atoms with Crippen LogP contribution in [0.4, 0.5) is 14.5 Å². The van der Waals surface area contributed by atoms with Crippen molar-refractivity contribution in [2.45, 2.75) is 13.3 Å². The molecule has 0 saturated heterocycles. The van der Waals surface area contributed by atoms with Gasteiger partial charge in [0.05, 0.1) is 18.8 Å². The summed E-state index contributed by atoms with van der Waals surface area (Å²) in [5.74, 6) is -3.44. The van der Waals surface area contributed by atoms with Gasteiger partial charge in [-0.15, -0.1) is 0 Å². The lowest BCUT2D eigenvalue weighted by Gasteiger charge is -2.10. The zero-order chi connectivity index (χ0) is 15.3. The van der Waals surface area contributed by atoms with Crippen LogP contribution in [-0.4, -0.2) is 26.7 Å². The molecule has 1 aromatic carbocycles. The van der Waals surface area contributed by atoms with Crippen molar-refractivity contribution in [2.75, 3.05) is 17.1 Å². The highest BCUT2D eigenvalue weighted by molar-refractivity contribution is 9.10. The van der Waals surface area contributed by atoms with Gasteiger partial charge < -0.3 is 4.74 Å². The van der Waals surface area contributed by atoms with Crippen LogP contribution in [0.1, 0.15) is 13.3 Å². The highest BCUT2D eigenvalue weighted by Crippen LogP contribution is 2.24. The molecule has 0 aliphatic heterocycles. The minimum Gasteiger partial charge on any atom is -0.466 e. The summed E-state index contributed by atoms with van der Waals surface area (Å²) in [5, 5.41) is 0. The maximum Gasteiger partial charge on any atom is 0.306 e. The van der Waals surface area contributed by atoms with E-state index in [0.717, 1.165) is 12.1 Å². The summed E-state index contributed by atoms with van der Waals surface area (Å²) in [5.41, 5.74) is -0.781. The molecule has 0 saturated carbocycles. The molecule has 0 amide bonds. The largest absolute Gasteiger partial charge is 0.466 e. The Morgan fingerprint density at radius 3 is 2.40 bits per heavy atom. The fraction of sp³-hybridized carbons (Fsp3) is 0.364. The normalized spacial score (nSPS) is 11.2. The van der Waals surface area contributed by atoms with Gasteiger partial charge in [0.1, 0.15) is 5.69 Å². The van der Waals surface area contributed by atoms with E-state index in [9.17, 15) is 22.0 Å². The van der Waals surface area contributed by atoms with Gasteiger partial charge in [-0.05, 0) is 19.1 Å². The molecular weight excluding hydrogens is 360 g/mol. The molecule has 9 heteroatoms. The third kappa shape index (κ3) is 5.04. The lowest BCUT2D eigenvalue weighted by molar-refractivity contribution is -0.142. The zero-order valence-electron chi connectivity index (χ0n) is 10.5. The molecule has 0 spiro atoms. The Bertz CT molecular complexity index is 583. The molecule has 1 N–H and O–H groups in total. The number of anilines is 1. The number of carbonyl (C=O) groups excluding carboxylic acids is 1. The van der Waals surface area contributed by atoms with Crippen molar-refractivity contribution in [1.29, 1.82) is 0 Å². The van der Waals surface area contributed by atoms with E-state index in [0.29, 0.717) is 0 Å². The van der Waals surface area contributed by atoms with E-state index in [-0.39, 0.29) is 11.1 Å². The molecule has 1 aromatic rings. The highest BCUT2D eigenvalue weighted by atomic mass is 79.9. The third-order valence-corrected chi connectivity index (χ3v) is 3.86. The van der Waals surface area contributed by atoms with Gasteiger partial charge in [0.25, 0.3) is 0 Å². The van der Waals surface area contributed by atoms with Crippen LogP contribution in [0, 0.1) is 11.6 Å². The number of hydrogen-bond acceptors (Lipinski definition) is 4. The summed E-state index contributed by atoms with van der Waals surface area (Å²) < 4.78 is 56.7. The van der Waals surface area contributed by atoms with Gasteiger partial charge >= 0.3 is 5.97 Å².